The number of carbonyl (C=O) groups excluding carboxylic acids is 1. The molecule has 0 bridgehead atoms. The van der Waals surface area contributed by atoms with Crippen LogP contribution in [-0.2, 0) is 0 Å². The van der Waals surface area contributed by atoms with Gasteiger partial charge in [-0.3, -0.25) is 4.98 Å². The second-order valence-corrected chi connectivity index (χ2v) is 2.06. The number of nitrogens with zero attached hydrogens (tertiary/aromatic N) is 1. The van der Waals surface area contributed by atoms with E-state index in [0.29, 0.717) is 5.75 Å². The van der Waals surface area contributed by atoms with Crippen LogP contribution in [0, 0.1) is 6.92 Å². The van der Waals surface area contributed by atoms with Crippen LogP contribution in [0.1, 0.15) is 5.56 Å². The summed E-state index contributed by atoms with van der Waals surface area (Å²) in [5.41, 5.74) is 5.64. The third kappa shape index (κ3) is 1.93. The fourth-order valence-corrected chi connectivity index (χ4v) is 0.665. The summed E-state index contributed by atoms with van der Waals surface area (Å²) in [6.45, 7) is 1.81. The Hall–Kier alpha value is -1.58. The quantitative estimate of drug-likeness (QED) is 0.648. The number of primary amides is 1. The molecule has 0 unspecified atom stereocenters. The van der Waals surface area contributed by atoms with E-state index in [4.69, 9.17) is 5.73 Å². The molecule has 0 saturated heterocycles. The predicted octanol–water partition coefficient (Wildman–Crippen LogP) is 0.848. The molecule has 0 fully saturated rings. The fraction of sp³-hybridized carbons (Fsp3) is 0.143. The number of amides is 1. The molecule has 0 spiro atoms. The van der Waals surface area contributed by atoms with Crippen molar-refractivity contribution >= 4 is 6.09 Å². The lowest BCUT2D eigenvalue weighted by molar-refractivity contribution is 0.210. The maximum absolute atomic E-state index is 10.3. The highest BCUT2D eigenvalue weighted by Gasteiger charge is 2.00. The molecule has 0 saturated carbocycles. The van der Waals surface area contributed by atoms with Gasteiger partial charge in [0.05, 0.1) is 6.20 Å². The second kappa shape index (κ2) is 3.01. The topological polar surface area (TPSA) is 65.2 Å². The van der Waals surface area contributed by atoms with Gasteiger partial charge in [-0.15, -0.1) is 0 Å². The van der Waals surface area contributed by atoms with E-state index in [-0.39, 0.29) is 0 Å². The number of pyridine rings is 1. The van der Waals surface area contributed by atoms with E-state index >= 15 is 0 Å². The average Bonchev–Trinajstić information content (AvgIpc) is 1.93. The lowest BCUT2D eigenvalue weighted by Gasteiger charge is -2.01. The molecular weight excluding hydrogens is 144 g/mol. The summed E-state index contributed by atoms with van der Waals surface area (Å²) in [6, 6.07) is 1.73. The van der Waals surface area contributed by atoms with Crippen molar-refractivity contribution in [3.05, 3.63) is 24.0 Å². The summed E-state index contributed by atoms with van der Waals surface area (Å²) in [5, 5.41) is 0. The largest absolute Gasteiger partial charge is 0.410 e. The van der Waals surface area contributed by atoms with Crippen molar-refractivity contribution in [2.75, 3.05) is 0 Å². The maximum atomic E-state index is 10.3. The Kier molecular flexibility index (Phi) is 2.06. The van der Waals surface area contributed by atoms with Crippen LogP contribution in [-0.4, -0.2) is 11.1 Å². The van der Waals surface area contributed by atoms with Crippen LogP contribution in [0.3, 0.4) is 0 Å². The molecule has 0 aliphatic rings. The first-order valence-corrected chi connectivity index (χ1v) is 3.08. The molecule has 4 heteroatoms. The van der Waals surface area contributed by atoms with Gasteiger partial charge in [0.25, 0.3) is 0 Å². The Labute approximate surface area is 64.0 Å². The van der Waals surface area contributed by atoms with Gasteiger partial charge >= 0.3 is 6.09 Å². The SMILES string of the molecule is Cc1ccncc1OC(N)=O. The molecule has 58 valence electrons. The molecule has 1 rings (SSSR count). The summed E-state index contributed by atoms with van der Waals surface area (Å²) in [4.78, 5) is 14.1. The minimum Gasteiger partial charge on any atom is -0.409 e. The van der Waals surface area contributed by atoms with Crippen molar-refractivity contribution in [2.45, 2.75) is 6.92 Å². The van der Waals surface area contributed by atoms with Crippen LogP contribution in [0.5, 0.6) is 5.75 Å². The van der Waals surface area contributed by atoms with E-state index in [1.807, 2.05) is 0 Å². The van der Waals surface area contributed by atoms with Gasteiger partial charge in [-0.1, -0.05) is 0 Å². The second-order valence-electron chi connectivity index (χ2n) is 2.06. The van der Waals surface area contributed by atoms with Gasteiger partial charge in [-0.05, 0) is 18.6 Å². The van der Waals surface area contributed by atoms with Gasteiger partial charge in [0.1, 0.15) is 0 Å². The van der Waals surface area contributed by atoms with Crippen LogP contribution in [0.2, 0.25) is 0 Å². The van der Waals surface area contributed by atoms with Gasteiger partial charge < -0.3 is 10.5 Å². The van der Waals surface area contributed by atoms with Crippen molar-refractivity contribution in [1.29, 1.82) is 0 Å². The first-order valence-electron chi connectivity index (χ1n) is 3.08. The number of aryl methyl sites for hydroxylation is 1. The van der Waals surface area contributed by atoms with Gasteiger partial charge in [0.2, 0.25) is 0 Å². The van der Waals surface area contributed by atoms with E-state index in [1.54, 1.807) is 19.2 Å². The van der Waals surface area contributed by atoms with Gasteiger partial charge in [-0.2, -0.15) is 0 Å². The number of ether oxygens (including phenoxy) is 1. The van der Waals surface area contributed by atoms with E-state index < -0.39 is 6.09 Å². The van der Waals surface area contributed by atoms with Crippen LogP contribution < -0.4 is 10.5 Å². The van der Waals surface area contributed by atoms with E-state index in [1.165, 1.54) is 6.20 Å². The van der Waals surface area contributed by atoms with Crippen molar-refractivity contribution in [3.8, 4) is 5.75 Å². The third-order valence-electron chi connectivity index (χ3n) is 1.20. The van der Waals surface area contributed by atoms with Gasteiger partial charge in [-0.25, -0.2) is 4.79 Å². The average molecular weight is 152 g/mol. The summed E-state index contributed by atoms with van der Waals surface area (Å²) < 4.78 is 4.62. The first kappa shape index (κ1) is 7.53. The minimum absolute atomic E-state index is 0.403. The van der Waals surface area contributed by atoms with E-state index in [9.17, 15) is 4.79 Å². The van der Waals surface area contributed by atoms with Crippen molar-refractivity contribution < 1.29 is 9.53 Å². The fourth-order valence-electron chi connectivity index (χ4n) is 0.665. The minimum atomic E-state index is -0.818. The normalized spacial score (nSPS) is 9.18. The Morgan fingerprint density at radius 1 is 1.73 bits per heavy atom. The standard InChI is InChI=1S/C7H8N2O2/c1-5-2-3-9-4-6(5)11-7(8)10/h2-4H,1H3,(H2,8,10). The zero-order valence-corrected chi connectivity index (χ0v) is 6.07. The molecule has 1 aromatic heterocycles. The van der Waals surface area contributed by atoms with Crippen LogP contribution in [0.25, 0.3) is 0 Å². The van der Waals surface area contributed by atoms with E-state index in [2.05, 4.69) is 9.72 Å². The van der Waals surface area contributed by atoms with Crippen LogP contribution >= 0.6 is 0 Å². The Morgan fingerprint density at radius 3 is 3.00 bits per heavy atom. The molecule has 11 heavy (non-hydrogen) atoms. The molecule has 0 radical (unpaired) electrons. The predicted molar refractivity (Wildman–Crippen MR) is 39.2 cm³/mol. The molecular formula is C7H8N2O2. The maximum Gasteiger partial charge on any atom is 0.410 e. The number of aromatic nitrogens is 1. The monoisotopic (exact) mass is 152 g/mol. The molecule has 2 N–H and O–H groups in total. The summed E-state index contributed by atoms with van der Waals surface area (Å²) >= 11 is 0. The smallest absolute Gasteiger partial charge is 0.409 e. The number of hydrogen-bond acceptors (Lipinski definition) is 3. The molecule has 0 aromatic carbocycles. The molecule has 1 heterocycles. The number of hydrogen-bond donors (Lipinski definition) is 1. The van der Waals surface area contributed by atoms with Crippen molar-refractivity contribution in [2.24, 2.45) is 5.73 Å². The number of rotatable bonds is 1. The molecule has 0 aliphatic heterocycles. The number of carbonyl (C=O) groups is 1. The van der Waals surface area contributed by atoms with Crippen molar-refractivity contribution in [1.82, 2.24) is 4.98 Å². The van der Waals surface area contributed by atoms with Crippen LogP contribution in [0.15, 0.2) is 18.5 Å². The highest BCUT2D eigenvalue weighted by atomic mass is 16.5. The van der Waals surface area contributed by atoms with Gasteiger partial charge in [0.15, 0.2) is 5.75 Å². The highest BCUT2D eigenvalue weighted by Crippen LogP contribution is 2.13. The summed E-state index contributed by atoms with van der Waals surface area (Å²) in [6.07, 6.45) is 2.24. The highest BCUT2D eigenvalue weighted by molar-refractivity contribution is 5.68. The first-order chi connectivity index (χ1) is 5.20. The zero-order valence-electron chi connectivity index (χ0n) is 6.07. The van der Waals surface area contributed by atoms with Gasteiger partial charge in [0, 0.05) is 6.20 Å². The molecule has 0 aliphatic carbocycles. The molecule has 1 amide bonds. The Bertz CT molecular complexity index is 273. The van der Waals surface area contributed by atoms with Crippen LogP contribution in [0.4, 0.5) is 4.79 Å². The lowest BCUT2D eigenvalue weighted by atomic mass is 10.3. The van der Waals surface area contributed by atoms with Crippen molar-refractivity contribution in [3.63, 3.8) is 0 Å². The summed E-state index contributed by atoms with van der Waals surface area (Å²) in [5.74, 6) is 0.403. The Balaban J connectivity index is 2.86. The van der Waals surface area contributed by atoms with E-state index in [0.717, 1.165) is 5.56 Å². The molecule has 1 aromatic rings. The lowest BCUT2D eigenvalue weighted by Crippen LogP contribution is -2.16. The molecule has 0 atom stereocenters. The molecule has 4 nitrogen and oxygen atoms in total. The summed E-state index contributed by atoms with van der Waals surface area (Å²) in [7, 11) is 0. The Morgan fingerprint density at radius 2 is 2.45 bits per heavy atom. The number of nitrogens with two attached hydrogens (primary N) is 1. The third-order valence-corrected chi connectivity index (χ3v) is 1.20. The zero-order chi connectivity index (χ0) is 8.27.